The number of carbonyl (C=O) groups is 2. The third-order valence-electron chi connectivity index (χ3n) is 4.80. The Kier molecular flexibility index (Phi) is 5.96. The topological polar surface area (TPSA) is 59.1 Å². The molecule has 27 heavy (non-hydrogen) atoms. The second-order valence-electron chi connectivity index (χ2n) is 8.00. The van der Waals surface area contributed by atoms with Gasteiger partial charge in [-0.05, 0) is 39.7 Å². The minimum Gasteiger partial charge on any atom is -0.444 e. The first kappa shape index (κ1) is 20.0. The number of hydrogen-bond acceptors (Lipinski definition) is 4. The first-order valence-corrected chi connectivity index (χ1v) is 9.78. The van der Waals surface area contributed by atoms with Gasteiger partial charge in [0.2, 0.25) is 5.91 Å². The van der Waals surface area contributed by atoms with E-state index in [-0.39, 0.29) is 12.0 Å². The summed E-state index contributed by atoms with van der Waals surface area (Å²) in [6, 6.07) is 7.05. The van der Waals surface area contributed by atoms with Gasteiger partial charge in [0.1, 0.15) is 17.7 Å². The Balaban J connectivity index is 1.69. The summed E-state index contributed by atoms with van der Waals surface area (Å²) in [5, 5.41) is 0.632. The van der Waals surface area contributed by atoms with Crippen LogP contribution in [0.3, 0.4) is 0 Å². The van der Waals surface area contributed by atoms with Crippen LogP contribution in [-0.2, 0) is 14.3 Å². The maximum absolute atomic E-state index is 13.1. The highest BCUT2D eigenvalue weighted by atomic mass is 35.5. The average Bonchev–Trinajstić information content (AvgIpc) is 3.10. The third kappa shape index (κ3) is 4.74. The standard InChI is InChI=1S/C20H27ClN2O4/c1-20(2,3)27-19(25)23-10-6-9-16(23)18(24)22-11-12-26-17(13-22)14-7-4-5-8-15(14)21/h4-5,7-8,16-17H,6,9-13H2,1-3H3. The number of amides is 2. The molecule has 2 fully saturated rings. The smallest absolute Gasteiger partial charge is 0.410 e. The lowest BCUT2D eigenvalue weighted by Gasteiger charge is -2.36. The van der Waals surface area contributed by atoms with E-state index in [2.05, 4.69) is 0 Å². The van der Waals surface area contributed by atoms with Crippen molar-refractivity contribution in [2.45, 2.75) is 51.4 Å². The normalized spacial score (nSPS) is 23.4. The zero-order valence-corrected chi connectivity index (χ0v) is 16.9. The molecular formula is C20H27ClN2O4. The number of rotatable bonds is 2. The summed E-state index contributed by atoms with van der Waals surface area (Å²) in [6.07, 6.45) is 0.780. The number of hydrogen-bond donors (Lipinski definition) is 0. The van der Waals surface area contributed by atoms with Crippen LogP contribution in [0.25, 0.3) is 0 Å². The number of likely N-dealkylation sites (tertiary alicyclic amines) is 1. The van der Waals surface area contributed by atoms with E-state index in [1.54, 1.807) is 9.80 Å². The fourth-order valence-electron chi connectivity index (χ4n) is 3.55. The van der Waals surface area contributed by atoms with Crippen molar-refractivity contribution in [3.8, 4) is 0 Å². The van der Waals surface area contributed by atoms with E-state index in [9.17, 15) is 9.59 Å². The maximum atomic E-state index is 13.1. The van der Waals surface area contributed by atoms with Gasteiger partial charge < -0.3 is 14.4 Å². The highest BCUT2D eigenvalue weighted by Gasteiger charge is 2.40. The van der Waals surface area contributed by atoms with Gasteiger partial charge in [0.05, 0.1) is 13.2 Å². The van der Waals surface area contributed by atoms with Crippen LogP contribution in [0.5, 0.6) is 0 Å². The predicted molar refractivity (Wildman–Crippen MR) is 103 cm³/mol. The Hall–Kier alpha value is -1.79. The summed E-state index contributed by atoms with van der Waals surface area (Å²) in [6.45, 7) is 7.42. The molecule has 0 radical (unpaired) electrons. The fraction of sp³-hybridized carbons (Fsp3) is 0.600. The average molecular weight is 395 g/mol. The summed E-state index contributed by atoms with van der Waals surface area (Å²) in [7, 11) is 0. The lowest BCUT2D eigenvalue weighted by Crippen LogP contribution is -2.52. The summed E-state index contributed by atoms with van der Waals surface area (Å²) in [5.41, 5.74) is 0.300. The molecule has 0 aromatic heterocycles. The third-order valence-corrected chi connectivity index (χ3v) is 5.14. The molecule has 1 aromatic carbocycles. The molecule has 2 aliphatic heterocycles. The van der Waals surface area contributed by atoms with Crippen LogP contribution >= 0.6 is 11.6 Å². The van der Waals surface area contributed by atoms with Crippen LogP contribution in [0.1, 0.15) is 45.3 Å². The second kappa shape index (κ2) is 8.07. The minimum atomic E-state index is -0.582. The molecule has 6 nitrogen and oxygen atoms in total. The Labute approximate surface area is 165 Å². The molecule has 0 aliphatic carbocycles. The maximum Gasteiger partial charge on any atom is 0.410 e. The summed E-state index contributed by atoms with van der Waals surface area (Å²) in [5.74, 6) is -0.0429. The van der Waals surface area contributed by atoms with E-state index in [1.165, 1.54) is 0 Å². The molecule has 0 bridgehead atoms. The van der Waals surface area contributed by atoms with E-state index in [4.69, 9.17) is 21.1 Å². The van der Waals surface area contributed by atoms with Crippen LogP contribution in [0.4, 0.5) is 4.79 Å². The van der Waals surface area contributed by atoms with Crippen molar-refractivity contribution in [3.63, 3.8) is 0 Å². The van der Waals surface area contributed by atoms with Crippen LogP contribution in [0.15, 0.2) is 24.3 Å². The van der Waals surface area contributed by atoms with Crippen molar-refractivity contribution in [1.29, 1.82) is 0 Å². The van der Waals surface area contributed by atoms with Crippen LogP contribution in [-0.4, -0.2) is 59.7 Å². The largest absolute Gasteiger partial charge is 0.444 e. The summed E-state index contributed by atoms with van der Waals surface area (Å²) in [4.78, 5) is 29.0. The first-order valence-electron chi connectivity index (χ1n) is 9.41. The Morgan fingerprint density at radius 3 is 2.67 bits per heavy atom. The fourth-order valence-corrected chi connectivity index (χ4v) is 3.80. The highest BCUT2D eigenvalue weighted by molar-refractivity contribution is 6.31. The van der Waals surface area contributed by atoms with E-state index in [0.29, 0.717) is 37.7 Å². The molecule has 2 aliphatic rings. The number of morpholine rings is 1. The lowest BCUT2D eigenvalue weighted by atomic mass is 10.1. The van der Waals surface area contributed by atoms with Crippen molar-refractivity contribution in [3.05, 3.63) is 34.9 Å². The van der Waals surface area contributed by atoms with Gasteiger partial charge in [-0.25, -0.2) is 4.79 Å². The van der Waals surface area contributed by atoms with Gasteiger partial charge in [0.15, 0.2) is 0 Å². The van der Waals surface area contributed by atoms with E-state index >= 15 is 0 Å². The SMILES string of the molecule is CC(C)(C)OC(=O)N1CCCC1C(=O)N1CCOC(c2ccccc2Cl)C1. The minimum absolute atomic E-state index is 0.0429. The molecule has 2 unspecified atom stereocenters. The van der Waals surface area contributed by atoms with E-state index in [0.717, 1.165) is 12.0 Å². The van der Waals surface area contributed by atoms with Crippen molar-refractivity contribution >= 4 is 23.6 Å². The lowest BCUT2D eigenvalue weighted by molar-refractivity contribution is -0.143. The van der Waals surface area contributed by atoms with E-state index < -0.39 is 17.7 Å². The first-order chi connectivity index (χ1) is 12.8. The molecule has 2 saturated heterocycles. The zero-order chi connectivity index (χ0) is 19.6. The molecule has 2 atom stereocenters. The molecule has 3 rings (SSSR count). The monoisotopic (exact) mass is 394 g/mol. The van der Waals surface area contributed by atoms with Crippen molar-refractivity contribution in [2.75, 3.05) is 26.2 Å². The molecule has 2 amide bonds. The van der Waals surface area contributed by atoms with E-state index in [1.807, 2.05) is 45.0 Å². The molecule has 0 saturated carbocycles. The van der Waals surface area contributed by atoms with Gasteiger partial charge in [-0.3, -0.25) is 9.69 Å². The number of carbonyl (C=O) groups excluding carboxylic acids is 2. The second-order valence-corrected chi connectivity index (χ2v) is 8.40. The Bertz CT molecular complexity index is 703. The quantitative estimate of drug-likeness (QED) is 0.768. The molecular weight excluding hydrogens is 368 g/mol. The van der Waals surface area contributed by atoms with Crippen LogP contribution in [0, 0.1) is 0 Å². The number of nitrogens with zero attached hydrogens (tertiary/aromatic N) is 2. The highest BCUT2D eigenvalue weighted by Crippen LogP contribution is 2.30. The Morgan fingerprint density at radius 2 is 1.96 bits per heavy atom. The van der Waals surface area contributed by atoms with Gasteiger partial charge in [-0.15, -0.1) is 0 Å². The molecule has 0 spiro atoms. The summed E-state index contributed by atoms with van der Waals surface area (Å²) >= 11 is 6.29. The van der Waals surface area contributed by atoms with Crippen molar-refractivity contribution < 1.29 is 19.1 Å². The van der Waals surface area contributed by atoms with Gasteiger partial charge in [0.25, 0.3) is 0 Å². The van der Waals surface area contributed by atoms with Gasteiger partial charge in [0, 0.05) is 23.7 Å². The zero-order valence-electron chi connectivity index (χ0n) is 16.1. The van der Waals surface area contributed by atoms with Gasteiger partial charge in [-0.2, -0.15) is 0 Å². The number of halogens is 1. The molecule has 148 valence electrons. The molecule has 1 aromatic rings. The molecule has 7 heteroatoms. The number of ether oxygens (including phenoxy) is 2. The van der Waals surface area contributed by atoms with Crippen LogP contribution in [0.2, 0.25) is 5.02 Å². The van der Waals surface area contributed by atoms with Crippen LogP contribution < -0.4 is 0 Å². The molecule has 0 N–H and O–H groups in total. The van der Waals surface area contributed by atoms with Crippen molar-refractivity contribution in [1.82, 2.24) is 9.80 Å². The summed E-state index contributed by atoms with van der Waals surface area (Å²) < 4.78 is 11.3. The predicted octanol–water partition coefficient (Wildman–Crippen LogP) is 3.64. The van der Waals surface area contributed by atoms with Gasteiger partial charge >= 0.3 is 6.09 Å². The Morgan fingerprint density at radius 1 is 1.22 bits per heavy atom. The molecule has 2 heterocycles. The number of benzene rings is 1. The van der Waals surface area contributed by atoms with Gasteiger partial charge in [-0.1, -0.05) is 29.8 Å². The van der Waals surface area contributed by atoms with Crippen molar-refractivity contribution in [2.24, 2.45) is 0 Å².